The van der Waals surface area contributed by atoms with Crippen molar-refractivity contribution in [3.05, 3.63) is 29.8 Å². The number of carbonyl (C=O) groups is 1. The van der Waals surface area contributed by atoms with Crippen molar-refractivity contribution >= 4 is 16.9 Å². The molecule has 6 heteroatoms. The number of nitrogens with one attached hydrogen (secondary N) is 2. The standard InChI is InChI=1S/C17H23FN4O/c1-2-7-22-8-3-4-12(11-22)17(23)19-10-16-20-14-6-5-13(18)9-15(14)21-16/h5-6,9,12H,2-4,7-8,10-11H2,1H3,(H,19,23)(H,20,21). The normalized spacial score (nSPS) is 19.1. The number of piperidine rings is 1. The highest BCUT2D eigenvalue weighted by molar-refractivity contribution is 5.79. The van der Waals surface area contributed by atoms with Crippen LogP contribution in [0.2, 0.25) is 0 Å². The number of carbonyl (C=O) groups excluding carboxylic acids is 1. The number of hydrogen-bond acceptors (Lipinski definition) is 3. The molecule has 0 bridgehead atoms. The lowest BCUT2D eigenvalue weighted by Gasteiger charge is -2.31. The maximum atomic E-state index is 13.2. The van der Waals surface area contributed by atoms with Gasteiger partial charge in [-0.1, -0.05) is 6.92 Å². The van der Waals surface area contributed by atoms with Gasteiger partial charge in [-0.2, -0.15) is 0 Å². The molecule has 1 atom stereocenters. The van der Waals surface area contributed by atoms with Gasteiger partial charge in [-0.25, -0.2) is 9.37 Å². The van der Waals surface area contributed by atoms with Crippen molar-refractivity contribution in [1.29, 1.82) is 0 Å². The molecule has 1 amide bonds. The van der Waals surface area contributed by atoms with Gasteiger partial charge in [0, 0.05) is 6.54 Å². The van der Waals surface area contributed by atoms with Crippen molar-refractivity contribution in [2.45, 2.75) is 32.7 Å². The lowest BCUT2D eigenvalue weighted by molar-refractivity contribution is -0.126. The zero-order chi connectivity index (χ0) is 16.2. The monoisotopic (exact) mass is 318 g/mol. The predicted molar refractivity (Wildman–Crippen MR) is 87.4 cm³/mol. The average molecular weight is 318 g/mol. The van der Waals surface area contributed by atoms with Crippen molar-refractivity contribution in [3.8, 4) is 0 Å². The maximum Gasteiger partial charge on any atom is 0.224 e. The van der Waals surface area contributed by atoms with Gasteiger partial charge >= 0.3 is 0 Å². The van der Waals surface area contributed by atoms with E-state index in [0.717, 1.165) is 38.9 Å². The summed E-state index contributed by atoms with van der Waals surface area (Å²) in [6, 6.07) is 4.43. The maximum absolute atomic E-state index is 13.2. The quantitative estimate of drug-likeness (QED) is 0.890. The predicted octanol–water partition coefficient (Wildman–Crippen LogP) is 2.44. The fraction of sp³-hybridized carbons (Fsp3) is 0.529. The first-order valence-corrected chi connectivity index (χ1v) is 8.30. The Morgan fingerprint density at radius 2 is 2.39 bits per heavy atom. The van der Waals surface area contributed by atoms with Crippen molar-refractivity contribution in [1.82, 2.24) is 20.2 Å². The number of fused-ring (bicyclic) bond motifs is 1. The molecule has 124 valence electrons. The topological polar surface area (TPSA) is 61.0 Å². The Morgan fingerprint density at radius 3 is 3.22 bits per heavy atom. The molecule has 1 saturated heterocycles. The third kappa shape index (κ3) is 3.88. The van der Waals surface area contributed by atoms with Gasteiger partial charge in [0.1, 0.15) is 11.6 Å². The van der Waals surface area contributed by atoms with E-state index in [1.807, 2.05) is 0 Å². The summed E-state index contributed by atoms with van der Waals surface area (Å²) in [5, 5.41) is 2.95. The highest BCUT2D eigenvalue weighted by atomic mass is 19.1. The Kier molecular flexibility index (Phi) is 4.91. The van der Waals surface area contributed by atoms with Crippen molar-refractivity contribution in [2.24, 2.45) is 5.92 Å². The van der Waals surface area contributed by atoms with Gasteiger partial charge in [0.15, 0.2) is 0 Å². The summed E-state index contributed by atoms with van der Waals surface area (Å²) in [7, 11) is 0. The number of aromatic nitrogens is 2. The highest BCUT2D eigenvalue weighted by Gasteiger charge is 2.25. The van der Waals surface area contributed by atoms with E-state index in [2.05, 4.69) is 27.1 Å². The number of aromatic amines is 1. The molecule has 1 unspecified atom stereocenters. The van der Waals surface area contributed by atoms with Gasteiger partial charge in [-0.3, -0.25) is 4.79 Å². The Balaban J connectivity index is 1.57. The molecule has 5 nitrogen and oxygen atoms in total. The molecule has 1 fully saturated rings. The first-order chi connectivity index (χ1) is 11.2. The van der Waals surface area contributed by atoms with Crippen LogP contribution in [0.3, 0.4) is 0 Å². The summed E-state index contributed by atoms with van der Waals surface area (Å²) in [4.78, 5) is 22.1. The van der Waals surface area contributed by atoms with Gasteiger partial charge < -0.3 is 15.2 Å². The highest BCUT2D eigenvalue weighted by Crippen LogP contribution is 2.17. The van der Waals surface area contributed by atoms with Crippen molar-refractivity contribution < 1.29 is 9.18 Å². The molecule has 1 aromatic carbocycles. The van der Waals surface area contributed by atoms with E-state index in [0.29, 0.717) is 23.4 Å². The fourth-order valence-electron chi connectivity index (χ4n) is 3.22. The molecule has 23 heavy (non-hydrogen) atoms. The van der Waals surface area contributed by atoms with E-state index in [4.69, 9.17) is 0 Å². The number of halogens is 1. The van der Waals surface area contributed by atoms with E-state index in [1.165, 1.54) is 12.1 Å². The summed E-state index contributed by atoms with van der Waals surface area (Å²) < 4.78 is 13.2. The second-order valence-electron chi connectivity index (χ2n) is 6.20. The van der Waals surface area contributed by atoms with Crippen LogP contribution in [-0.4, -0.2) is 40.4 Å². The average Bonchev–Trinajstić information content (AvgIpc) is 2.95. The smallest absolute Gasteiger partial charge is 0.224 e. The lowest BCUT2D eigenvalue weighted by atomic mass is 9.97. The number of imidazole rings is 1. The Labute approximate surface area is 135 Å². The van der Waals surface area contributed by atoms with Crippen LogP contribution in [0.5, 0.6) is 0 Å². The molecule has 0 aliphatic carbocycles. The van der Waals surface area contributed by atoms with Gasteiger partial charge in [-0.05, 0) is 50.6 Å². The Bertz CT molecular complexity index is 682. The van der Waals surface area contributed by atoms with Crippen LogP contribution >= 0.6 is 0 Å². The Morgan fingerprint density at radius 1 is 1.52 bits per heavy atom. The van der Waals surface area contributed by atoms with Gasteiger partial charge in [0.05, 0.1) is 23.5 Å². The molecule has 1 aliphatic rings. The third-order valence-electron chi connectivity index (χ3n) is 4.34. The van der Waals surface area contributed by atoms with Gasteiger partial charge in [0.25, 0.3) is 0 Å². The van der Waals surface area contributed by atoms with Crippen LogP contribution in [0, 0.1) is 11.7 Å². The summed E-state index contributed by atoms with van der Waals surface area (Å²) in [5.41, 5.74) is 1.36. The first kappa shape index (κ1) is 15.9. The molecule has 1 aromatic heterocycles. The Hall–Kier alpha value is -1.95. The molecule has 0 radical (unpaired) electrons. The fourth-order valence-corrected chi connectivity index (χ4v) is 3.22. The summed E-state index contributed by atoms with van der Waals surface area (Å²) in [6.07, 6.45) is 3.13. The number of benzene rings is 1. The molecule has 2 aromatic rings. The largest absolute Gasteiger partial charge is 0.349 e. The van der Waals surface area contributed by atoms with Crippen molar-refractivity contribution in [2.75, 3.05) is 19.6 Å². The zero-order valence-electron chi connectivity index (χ0n) is 13.4. The van der Waals surface area contributed by atoms with E-state index >= 15 is 0 Å². The van der Waals surface area contributed by atoms with E-state index < -0.39 is 0 Å². The number of likely N-dealkylation sites (tertiary alicyclic amines) is 1. The first-order valence-electron chi connectivity index (χ1n) is 8.30. The van der Waals surface area contributed by atoms with Crippen LogP contribution in [-0.2, 0) is 11.3 Å². The molecule has 1 aliphatic heterocycles. The molecule has 0 saturated carbocycles. The van der Waals surface area contributed by atoms with Crippen LogP contribution in [0.25, 0.3) is 11.0 Å². The SMILES string of the molecule is CCCN1CCCC(C(=O)NCc2nc3ccc(F)cc3[nH]2)C1. The number of hydrogen-bond donors (Lipinski definition) is 2. The minimum atomic E-state index is -0.296. The molecule has 3 rings (SSSR count). The van der Waals surface area contributed by atoms with Crippen molar-refractivity contribution in [3.63, 3.8) is 0 Å². The van der Waals surface area contributed by atoms with E-state index in [-0.39, 0.29) is 17.6 Å². The molecular weight excluding hydrogens is 295 g/mol. The minimum absolute atomic E-state index is 0.0529. The van der Waals surface area contributed by atoms with E-state index in [9.17, 15) is 9.18 Å². The van der Waals surface area contributed by atoms with Gasteiger partial charge in [0.2, 0.25) is 5.91 Å². The number of amides is 1. The summed E-state index contributed by atoms with van der Waals surface area (Å²) >= 11 is 0. The third-order valence-corrected chi connectivity index (χ3v) is 4.34. The lowest BCUT2D eigenvalue weighted by Crippen LogP contribution is -2.43. The van der Waals surface area contributed by atoms with Gasteiger partial charge in [-0.15, -0.1) is 0 Å². The number of rotatable bonds is 5. The molecule has 2 N–H and O–H groups in total. The van der Waals surface area contributed by atoms with Crippen LogP contribution < -0.4 is 5.32 Å². The number of H-pyrrole nitrogens is 1. The molecule has 2 heterocycles. The molecular formula is C17H23FN4O. The van der Waals surface area contributed by atoms with Crippen LogP contribution in [0.1, 0.15) is 32.0 Å². The van der Waals surface area contributed by atoms with Crippen LogP contribution in [0.4, 0.5) is 4.39 Å². The van der Waals surface area contributed by atoms with E-state index in [1.54, 1.807) is 6.07 Å². The minimum Gasteiger partial charge on any atom is -0.349 e. The second-order valence-corrected chi connectivity index (χ2v) is 6.20. The second kappa shape index (κ2) is 7.08. The summed E-state index contributed by atoms with van der Waals surface area (Å²) in [5.74, 6) is 0.490. The zero-order valence-corrected chi connectivity index (χ0v) is 13.4. The van der Waals surface area contributed by atoms with Crippen LogP contribution in [0.15, 0.2) is 18.2 Å². The number of nitrogens with zero attached hydrogens (tertiary/aromatic N) is 2. The molecule has 0 spiro atoms. The summed E-state index contributed by atoms with van der Waals surface area (Å²) in [6.45, 7) is 5.49.